The number of rotatable bonds is 3. The molecule has 0 aliphatic heterocycles. The molecule has 88 valence electrons. The Hall–Kier alpha value is -2.64. The molecule has 0 aliphatic rings. The van der Waals surface area contributed by atoms with Gasteiger partial charge in [-0.3, -0.25) is 14.6 Å². The van der Waals surface area contributed by atoms with E-state index in [-0.39, 0.29) is 11.3 Å². The number of nitrogens with one attached hydrogen (secondary N) is 2. The number of aromatic carboxylic acids is 1. The van der Waals surface area contributed by atoms with Crippen molar-refractivity contribution < 1.29 is 14.7 Å². The molecule has 1 amide bonds. The van der Waals surface area contributed by atoms with Crippen molar-refractivity contribution in [2.75, 3.05) is 5.32 Å². The first-order chi connectivity index (χ1) is 8.09. The van der Waals surface area contributed by atoms with Crippen LogP contribution in [0.4, 0.5) is 5.82 Å². The van der Waals surface area contributed by atoms with E-state index in [4.69, 9.17) is 5.11 Å². The second-order valence-electron chi connectivity index (χ2n) is 3.26. The molecule has 3 N–H and O–H groups in total. The van der Waals surface area contributed by atoms with Gasteiger partial charge >= 0.3 is 5.97 Å². The summed E-state index contributed by atoms with van der Waals surface area (Å²) >= 11 is 0. The molecule has 17 heavy (non-hydrogen) atoms. The zero-order valence-electron chi connectivity index (χ0n) is 8.84. The Morgan fingerprint density at radius 1 is 1.53 bits per heavy atom. The van der Waals surface area contributed by atoms with E-state index in [1.54, 1.807) is 6.07 Å². The van der Waals surface area contributed by atoms with E-state index in [1.807, 2.05) is 0 Å². The Bertz CT molecular complexity index is 557. The van der Waals surface area contributed by atoms with Crippen molar-refractivity contribution in [2.24, 2.45) is 7.05 Å². The van der Waals surface area contributed by atoms with Crippen LogP contribution in [0.3, 0.4) is 0 Å². The van der Waals surface area contributed by atoms with E-state index in [2.05, 4.69) is 20.6 Å². The first-order valence-corrected chi connectivity index (χ1v) is 4.65. The maximum Gasteiger partial charge on any atom is 0.339 e. The summed E-state index contributed by atoms with van der Waals surface area (Å²) < 4.78 is 1.20. The minimum absolute atomic E-state index is 0.0212. The summed E-state index contributed by atoms with van der Waals surface area (Å²) in [5.74, 6) is -1.38. The molecule has 8 nitrogen and oxygen atoms in total. The fraction of sp³-hybridized carbons (Fsp3) is 0.111. The minimum atomic E-state index is -1.20. The van der Waals surface area contributed by atoms with Gasteiger partial charge in [-0.05, 0) is 0 Å². The largest absolute Gasteiger partial charge is 0.478 e. The summed E-state index contributed by atoms with van der Waals surface area (Å²) in [5.41, 5.74) is -0.170. The number of anilines is 1. The average Bonchev–Trinajstić information content (AvgIpc) is 2.86. The van der Waals surface area contributed by atoms with Crippen LogP contribution >= 0.6 is 0 Å². The molecule has 2 rings (SSSR count). The van der Waals surface area contributed by atoms with Gasteiger partial charge in [0.25, 0.3) is 5.91 Å². The summed E-state index contributed by atoms with van der Waals surface area (Å²) in [6.07, 6.45) is 2.60. The van der Waals surface area contributed by atoms with Crippen molar-refractivity contribution in [3.8, 4) is 0 Å². The number of hydrogen-bond donors (Lipinski definition) is 3. The Morgan fingerprint density at radius 3 is 2.88 bits per heavy atom. The number of H-pyrrole nitrogens is 1. The van der Waals surface area contributed by atoms with E-state index in [1.165, 1.54) is 17.9 Å². The zero-order valence-corrected chi connectivity index (χ0v) is 8.84. The van der Waals surface area contributed by atoms with E-state index in [9.17, 15) is 9.59 Å². The molecular formula is C9H9N5O3. The molecule has 0 saturated heterocycles. The molecule has 2 aromatic heterocycles. The highest BCUT2D eigenvalue weighted by Gasteiger charge is 2.21. The molecule has 2 heterocycles. The van der Waals surface area contributed by atoms with Crippen LogP contribution in [0.25, 0.3) is 0 Å². The molecule has 8 heteroatoms. The van der Waals surface area contributed by atoms with Gasteiger partial charge in [0.15, 0.2) is 0 Å². The van der Waals surface area contributed by atoms with Gasteiger partial charge in [0.05, 0.1) is 12.4 Å². The highest BCUT2D eigenvalue weighted by Crippen LogP contribution is 2.10. The second-order valence-corrected chi connectivity index (χ2v) is 3.26. The number of carbonyl (C=O) groups is 2. The van der Waals surface area contributed by atoms with E-state index in [0.29, 0.717) is 5.82 Å². The molecule has 0 unspecified atom stereocenters. The summed E-state index contributed by atoms with van der Waals surface area (Å²) in [6, 6.07) is 1.55. The molecule has 2 aromatic rings. The van der Waals surface area contributed by atoms with Crippen molar-refractivity contribution in [1.29, 1.82) is 0 Å². The lowest BCUT2D eigenvalue weighted by atomic mass is 10.2. The fourth-order valence-corrected chi connectivity index (χ4v) is 1.37. The van der Waals surface area contributed by atoms with Gasteiger partial charge in [-0.25, -0.2) is 4.79 Å². The van der Waals surface area contributed by atoms with E-state index < -0.39 is 11.9 Å². The average molecular weight is 235 g/mol. The lowest BCUT2D eigenvalue weighted by Crippen LogP contribution is -2.19. The second kappa shape index (κ2) is 4.08. The summed E-state index contributed by atoms with van der Waals surface area (Å²) in [5, 5.41) is 21.3. The predicted molar refractivity (Wildman–Crippen MR) is 56.7 cm³/mol. The standard InChI is InChI=1S/C9H9N5O3/c1-14-7(5(4-11-14)9(16)17)8(15)12-6-2-3-10-13-6/h2-4H,1H3,(H,16,17)(H2,10,12,13,15). The SMILES string of the molecule is Cn1ncc(C(=O)O)c1C(=O)Nc1ccn[nH]1. The topological polar surface area (TPSA) is 113 Å². The monoisotopic (exact) mass is 235 g/mol. The number of aromatic nitrogens is 4. The number of aromatic amines is 1. The van der Waals surface area contributed by atoms with Crippen molar-refractivity contribution in [3.05, 3.63) is 29.7 Å². The van der Waals surface area contributed by atoms with Gasteiger partial charge < -0.3 is 10.4 Å². The number of carboxylic acids is 1. The lowest BCUT2D eigenvalue weighted by molar-refractivity contribution is 0.0692. The van der Waals surface area contributed by atoms with Crippen LogP contribution in [0.15, 0.2) is 18.5 Å². The molecule has 0 bridgehead atoms. The third-order valence-electron chi connectivity index (χ3n) is 2.13. The molecule has 0 aromatic carbocycles. The molecule has 0 spiro atoms. The van der Waals surface area contributed by atoms with Gasteiger partial charge in [0.1, 0.15) is 17.1 Å². The number of carbonyl (C=O) groups excluding carboxylic acids is 1. The Morgan fingerprint density at radius 2 is 2.29 bits per heavy atom. The number of amides is 1. The number of nitrogens with zero attached hydrogens (tertiary/aromatic N) is 3. The zero-order chi connectivity index (χ0) is 12.4. The summed E-state index contributed by atoms with van der Waals surface area (Å²) in [6.45, 7) is 0. The van der Waals surface area contributed by atoms with Crippen molar-refractivity contribution in [2.45, 2.75) is 0 Å². The van der Waals surface area contributed by atoms with Crippen LogP contribution in [0.1, 0.15) is 20.8 Å². The van der Waals surface area contributed by atoms with Crippen LogP contribution in [-0.4, -0.2) is 37.0 Å². The predicted octanol–water partition coefficient (Wildman–Crippen LogP) is 0.0937. The molecular weight excluding hydrogens is 226 g/mol. The number of aryl methyl sites for hydroxylation is 1. The maximum atomic E-state index is 11.8. The molecule has 0 saturated carbocycles. The minimum Gasteiger partial charge on any atom is -0.478 e. The van der Waals surface area contributed by atoms with E-state index in [0.717, 1.165) is 6.20 Å². The van der Waals surface area contributed by atoms with Crippen LogP contribution in [0.2, 0.25) is 0 Å². The van der Waals surface area contributed by atoms with Crippen LogP contribution < -0.4 is 5.32 Å². The fourth-order valence-electron chi connectivity index (χ4n) is 1.37. The van der Waals surface area contributed by atoms with Crippen molar-refractivity contribution in [1.82, 2.24) is 20.0 Å². The molecule has 0 fully saturated rings. The van der Waals surface area contributed by atoms with Gasteiger partial charge in [0.2, 0.25) is 0 Å². The van der Waals surface area contributed by atoms with Crippen LogP contribution in [0.5, 0.6) is 0 Å². The number of hydrogen-bond acceptors (Lipinski definition) is 4. The molecule has 0 atom stereocenters. The Balaban J connectivity index is 2.30. The summed E-state index contributed by atoms with van der Waals surface area (Å²) in [4.78, 5) is 22.7. The highest BCUT2D eigenvalue weighted by atomic mass is 16.4. The first kappa shape index (κ1) is 10.9. The van der Waals surface area contributed by atoms with Gasteiger partial charge in [-0.2, -0.15) is 10.2 Å². The van der Waals surface area contributed by atoms with Crippen molar-refractivity contribution in [3.63, 3.8) is 0 Å². The van der Waals surface area contributed by atoms with Gasteiger partial charge in [0, 0.05) is 13.1 Å². The highest BCUT2D eigenvalue weighted by molar-refractivity contribution is 6.09. The van der Waals surface area contributed by atoms with Crippen molar-refractivity contribution >= 4 is 17.7 Å². The third kappa shape index (κ3) is 2.00. The lowest BCUT2D eigenvalue weighted by Gasteiger charge is -2.03. The molecule has 0 radical (unpaired) electrons. The third-order valence-corrected chi connectivity index (χ3v) is 2.13. The maximum absolute atomic E-state index is 11.8. The van der Waals surface area contributed by atoms with Gasteiger partial charge in [-0.15, -0.1) is 0 Å². The first-order valence-electron chi connectivity index (χ1n) is 4.65. The Kier molecular flexibility index (Phi) is 2.61. The number of carboxylic acid groups (broad SMARTS) is 1. The smallest absolute Gasteiger partial charge is 0.339 e. The molecule has 0 aliphatic carbocycles. The quantitative estimate of drug-likeness (QED) is 0.698. The van der Waals surface area contributed by atoms with Gasteiger partial charge in [-0.1, -0.05) is 0 Å². The van der Waals surface area contributed by atoms with E-state index >= 15 is 0 Å². The normalized spacial score (nSPS) is 10.2. The summed E-state index contributed by atoms with van der Waals surface area (Å²) in [7, 11) is 1.49. The Labute approximate surface area is 95.3 Å². The van der Waals surface area contributed by atoms with Crippen LogP contribution in [0, 0.1) is 0 Å². The van der Waals surface area contributed by atoms with Crippen LogP contribution in [-0.2, 0) is 7.05 Å².